The normalized spacial score (nSPS) is 20.4. The number of carbonyl (C=O) groups excluding carboxylic acids is 1. The number of hydrogen-bond donors (Lipinski definition) is 2. The van der Waals surface area contributed by atoms with E-state index in [1.807, 2.05) is 6.07 Å². The molecule has 0 atom stereocenters. The molecule has 2 rings (SSSR count). The number of urea groups is 1. The summed E-state index contributed by atoms with van der Waals surface area (Å²) >= 11 is 0. The van der Waals surface area contributed by atoms with Gasteiger partial charge in [-0.2, -0.15) is 5.26 Å². The highest BCUT2D eigenvalue weighted by Gasteiger charge is 2.47. The number of rotatable bonds is 5. The average molecular weight is 251 g/mol. The lowest BCUT2D eigenvalue weighted by Crippen LogP contribution is -2.62. The summed E-state index contributed by atoms with van der Waals surface area (Å²) in [6.07, 6.45) is 3.98. The SMILES string of the molecule is N#CCCN(C(=O)NC1(C(=O)O)CCC1)C1CC1. The standard InChI is InChI=1S/C12H17N3O3/c13-7-2-8-15(9-3-4-9)11(18)14-12(10(16)17)5-1-6-12/h9H,1-6,8H2,(H,14,18)(H,16,17). The number of carboxylic acids is 1. The van der Waals surface area contributed by atoms with Gasteiger partial charge >= 0.3 is 12.0 Å². The van der Waals surface area contributed by atoms with Crippen LogP contribution in [0, 0.1) is 11.3 Å². The summed E-state index contributed by atoms with van der Waals surface area (Å²) in [4.78, 5) is 24.9. The molecule has 98 valence electrons. The van der Waals surface area contributed by atoms with Crippen LogP contribution in [0.5, 0.6) is 0 Å². The maximum atomic E-state index is 12.1. The molecule has 2 N–H and O–H groups in total. The van der Waals surface area contributed by atoms with Crippen LogP contribution in [0.1, 0.15) is 38.5 Å². The zero-order valence-corrected chi connectivity index (χ0v) is 10.2. The van der Waals surface area contributed by atoms with Gasteiger partial charge in [-0.3, -0.25) is 0 Å². The number of nitrogens with zero attached hydrogens (tertiary/aromatic N) is 2. The van der Waals surface area contributed by atoms with Crippen molar-refractivity contribution < 1.29 is 14.7 Å². The average Bonchev–Trinajstić information content (AvgIpc) is 3.07. The van der Waals surface area contributed by atoms with Crippen molar-refractivity contribution in [2.75, 3.05) is 6.54 Å². The van der Waals surface area contributed by atoms with Crippen LogP contribution >= 0.6 is 0 Å². The van der Waals surface area contributed by atoms with Crippen molar-refractivity contribution in [2.24, 2.45) is 0 Å². The lowest BCUT2D eigenvalue weighted by atomic mass is 9.77. The van der Waals surface area contributed by atoms with Gasteiger partial charge in [-0.15, -0.1) is 0 Å². The fourth-order valence-corrected chi connectivity index (χ4v) is 2.21. The molecule has 0 heterocycles. The van der Waals surface area contributed by atoms with E-state index in [1.165, 1.54) is 0 Å². The minimum atomic E-state index is -1.07. The molecule has 2 aliphatic rings. The summed E-state index contributed by atoms with van der Waals surface area (Å²) in [6, 6.07) is 1.86. The smallest absolute Gasteiger partial charge is 0.329 e. The first-order valence-corrected chi connectivity index (χ1v) is 6.28. The molecule has 2 aliphatic carbocycles. The van der Waals surface area contributed by atoms with Crippen LogP contribution in [0.2, 0.25) is 0 Å². The molecular weight excluding hydrogens is 234 g/mol. The summed E-state index contributed by atoms with van der Waals surface area (Å²) < 4.78 is 0. The Kier molecular flexibility index (Phi) is 3.41. The third-order valence-corrected chi connectivity index (χ3v) is 3.68. The van der Waals surface area contributed by atoms with E-state index in [4.69, 9.17) is 10.4 Å². The molecule has 0 aromatic rings. The maximum absolute atomic E-state index is 12.1. The van der Waals surface area contributed by atoms with Crippen molar-refractivity contribution >= 4 is 12.0 Å². The van der Waals surface area contributed by atoms with Crippen LogP contribution in [-0.2, 0) is 4.79 Å². The summed E-state index contributed by atoms with van der Waals surface area (Å²) in [6.45, 7) is 0.378. The van der Waals surface area contributed by atoms with Crippen molar-refractivity contribution in [1.29, 1.82) is 5.26 Å². The molecule has 0 aromatic carbocycles. The highest BCUT2D eigenvalue weighted by Crippen LogP contribution is 2.33. The Hall–Kier alpha value is -1.77. The van der Waals surface area contributed by atoms with Crippen molar-refractivity contribution in [2.45, 2.75) is 50.1 Å². The molecule has 0 aromatic heterocycles. The Balaban J connectivity index is 1.96. The van der Waals surface area contributed by atoms with Crippen molar-refractivity contribution in [3.05, 3.63) is 0 Å². The van der Waals surface area contributed by atoms with Gasteiger partial charge in [-0.1, -0.05) is 0 Å². The lowest BCUT2D eigenvalue weighted by Gasteiger charge is -2.39. The van der Waals surface area contributed by atoms with Gasteiger partial charge in [0.15, 0.2) is 0 Å². The highest BCUT2D eigenvalue weighted by molar-refractivity contribution is 5.87. The van der Waals surface area contributed by atoms with Crippen LogP contribution in [-0.4, -0.2) is 40.1 Å². The van der Waals surface area contributed by atoms with E-state index in [0.717, 1.165) is 19.3 Å². The molecule has 0 aliphatic heterocycles. The van der Waals surface area contributed by atoms with Gasteiger partial charge in [0.25, 0.3) is 0 Å². The van der Waals surface area contributed by atoms with Crippen molar-refractivity contribution in [3.63, 3.8) is 0 Å². The fourth-order valence-electron chi connectivity index (χ4n) is 2.21. The molecule has 0 saturated heterocycles. The first-order valence-electron chi connectivity index (χ1n) is 6.28. The van der Waals surface area contributed by atoms with Crippen LogP contribution in [0.25, 0.3) is 0 Å². The first-order chi connectivity index (χ1) is 8.59. The topological polar surface area (TPSA) is 93.4 Å². The van der Waals surface area contributed by atoms with Gasteiger partial charge in [0.2, 0.25) is 0 Å². The number of hydrogen-bond acceptors (Lipinski definition) is 3. The molecule has 2 amide bonds. The predicted molar refractivity (Wildman–Crippen MR) is 62.7 cm³/mol. The Bertz CT molecular complexity index is 394. The minimum absolute atomic E-state index is 0.185. The number of aliphatic carboxylic acids is 1. The van der Waals surface area contributed by atoms with Gasteiger partial charge in [0.05, 0.1) is 12.5 Å². The molecule has 2 fully saturated rings. The zero-order chi connectivity index (χ0) is 13.2. The van der Waals surface area contributed by atoms with E-state index in [1.54, 1.807) is 4.90 Å². The Morgan fingerprint density at radius 2 is 2.11 bits per heavy atom. The fraction of sp³-hybridized carbons (Fsp3) is 0.750. The van der Waals surface area contributed by atoms with Gasteiger partial charge < -0.3 is 15.3 Å². The van der Waals surface area contributed by atoms with E-state index >= 15 is 0 Å². The van der Waals surface area contributed by atoms with E-state index in [2.05, 4.69) is 5.32 Å². The van der Waals surface area contributed by atoms with E-state index in [-0.39, 0.29) is 18.5 Å². The molecule has 0 radical (unpaired) electrons. The third kappa shape index (κ3) is 2.40. The third-order valence-electron chi connectivity index (χ3n) is 3.68. The number of carboxylic acid groups (broad SMARTS) is 1. The first kappa shape index (κ1) is 12.7. The number of nitrogens with one attached hydrogen (secondary N) is 1. The zero-order valence-electron chi connectivity index (χ0n) is 10.2. The molecular formula is C12H17N3O3. The van der Waals surface area contributed by atoms with Crippen LogP contribution in [0.3, 0.4) is 0 Å². The largest absolute Gasteiger partial charge is 0.480 e. The molecule has 6 nitrogen and oxygen atoms in total. The van der Waals surface area contributed by atoms with Crippen molar-refractivity contribution in [3.8, 4) is 6.07 Å². The summed E-state index contributed by atoms with van der Waals surface area (Å²) in [5, 5.41) is 20.4. The summed E-state index contributed by atoms with van der Waals surface area (Å²) in [5.41, 5.74) is -1.07. The molecule has 6 heteroatoms. The van der Waals surface area contributed by atoms with Crippen LogP contribution in [0.4, 0.5) is 4.79 Å². The van der Waals surface area contributed by atoms with Crippen LogP contribution < -0.4 is 5.32 Å². The molecule has 18 heavy (non-hydrogen) atoms. The molecule has 0 bridgehead atoms. The quantitative estimate of drug-likeness (QED) is 0.764. The second-order valence-corrected chi connectivity index (χ2v) is 5.00. The minimum Gasteiger partial charge on any atom is -0.480 e. The highest BCUT2D eigenvalue weighted by atomic mass is 16.4. The van der Waals surface area contributed by atoms with E-state index in [9.17, 15) is 9.59 Å². The van der Waals surface area contributed by atoms with E-state index < -0.39 is 11.5 Å². The Morgan fingerprint density at radius 1 is 1.44 bits per heavy atom. The van der Waals surface area contributed by atoms with Gasteiger partial charge in [-0.05, 0) is 32.1 Å². The second kappa shape index (κ2) is 4.84. The van der Waals surface area contributed by atoms with E-state index in [0.29, 0.717) is 19.4 Å². The molecule has 0 spiro atoms. The maximum Gasteiger partial charge on any atom is 0.329 e. The summed E-state index contributed by atoms with van der Waals surface area (Å²) in [7, 11) is 0. The van der Waals surface area contributed by atoms with Gasteiger partial charge in [0.1, 0.15) is 5.54 Å². The molecule has 2 saturated carbocycles. The summed E-state index contributed by atoms with van der Waals surface area (Å²) in [5.74, 6) is -0.960. The van der Waals surface area contributed by atoms with Crippen molar-refractivity contribution in [1.82, 2.24) is 10.2 Å². The number of amides is 2. The lowest BCUT2D eigenvalue weighted by molar-refractivity contribution is -0.148. The van der Waals surface area contributed by atoms with Crippen LogP contribution in [0.15, 0.2) is 0 Å². The molecule has 0 unspecified atom stereocenters. The van der Waals surface area contributed by atoms with Gasteiger partial charge in [0, 0.05) is 12.6 Å². The monoisotopic (exact) mass is 251 g/mol. The number of nitriles is 1. The number of carbonyl (C=O) groups is 2. The van der Waals surface area contributed by atoms with Gasteiger partial charge in [-0.25, -0.2) is 9.59 Å². The Labute approximate surface area is 106 Å². The second-order valence-electron chi connectivity index (χ2n) is 5.00. The Morgan fingerprint density at radius 3 is 2.50 bits per heavy atom. The predicted octanol–water partition coefficient (Wildman–Crippen LogP) is 1.08.